The van der Waals surface area contributed by atoms with Crippen LogP contribution in [0.4, 0.5) is 0 Å². The number of benzene rings is 2. The quantitative estimate of drug-likeness (QED) is 0.318. The van der Waals surface area contributed by atoms with E-state index in [4.69, 9.17) is 10.7 Å². The second-order valence-corrected chi connectivity index (χ2v) is 7.38. The molecule has 1 aromatic heterocycles. The van der Waals surface area contributed by atoms with Gasteiger partial charge in [0, 0.05) is 18.8 Å². The van der Waals surface area contributed by atoms with Crippen LogP contribution in [-0.4, -0.2) is 10.9 Å². The Balaban J connectivity index is 1.90. The van der Waals surface area contributed by atoms with Crippen LogP contribution in [0.25, 0.3) is 11.1 Å². The third-order valence-electron chi connectivity index (χ3n) is 5.12. The lowest BCUT2D eigenvalue weighted by Gasteiger charge is -2.17. The van der Waals surface area contributed by atoms with Crippen LogP contribution in [0, 0.1) is 13.8 Å². The zero-order valence-corrected chi connectivity index (χ0v) is 17.9. The summed E-state index contributed by atoms with van der Waals surface area (Å²) in [7, 11) is 0. The highest BCUT2D eigenvalue weighted by molar-refractivity contribution is 6.05. The molecule has 0 atom stereocenters. The first-order valence-electron chi connectivity index (χ1n) is 10.1. The molecule has 1 heterocycles. The van der Waals surface area contributed by atoms with Crippen molar-refractivity contribution in [1.29, 1.82) is 0 Å². The van der Waals surface area contributed by atoms with E-state index in [1.807, 2.05) is 74.5 Å². The number of carbonyl (C=O) groups excluding carboxylic acids is 1. The van der Waals surface area contributed by atoms with Gasteiger partial charge in [-0.25, -0.2) is 0 Å². The number of nitrogens with two attached hydrogens (primary N) is 1. The summed E-state index contributed by atoms with van der Waals surface area (Å²) in [5.41, 5.74) is 6.40. The van der Waals surface area contributed by atoms with Crippen LogP contribution in [-0.2, 0) is 16.1 Å². The molecule has 3 rings (SSSR count). The number of nitrogens with one attached hydrogen (secondary N) is 1. The van der Waals surface area contributed by atoms with Crippen molar-refractivity contribution in [3.05, 3.63) is 113 Å². The number of allylic oxidation sites excluding steroid dienone is 2. The van der Waals surface area contributed by atoms with E-state index in [1.54, 1.807) is 12.4 Å². The summed E-state index contributed by atoms with van der Waals surface area (Å²) in [6.45, 7) is 8.31. The summed E-state index contributed by atoms with van der Waals surface area (Å²) in [4.78, 5) is 22.0. The van der Waals surface area contributed by atoms with Crippen molar-refractivity contribution in [2.24, 2.45) is 5.90 Å². The first-order chi connectivity index (χ1) is 15.0. The molecule has 0 bridgehead atoms. The number of aromatic nitrogens is 1. The first-order valence-corrected chi connectivity index (χ1v) is 10.1. The zero-order chi connectivity index (χ0) is 22.2. The minimum Gasteiger partial charge on any atom is -0.392 e. The van der Waals surface area contributed by atoms with Gasteiger partial charge < -0.3 is 4.84 Å². The van der Waals surface area contributed by atoms with E-state index in [9.17, 15) is 4.79 Å². The van der Waals surface area contributed by atoms with Gasteiger partial charge in [0.1, 0.15) is 0 Å². The highest BCUT2D eigenvalue weighted by Gasteiger charge is 2.18. The van der Waals surface area contributed by atoms with Gasteiger partial charge in [-0.05, 0) is 60.2 Å². The topological polar surface area (TPSA) is 77.2 Å². The number of hydrogen-bond donors (Lipinski definition) is 2. The van der Waals surface area contributed by atoms with Crippen molar-refractivity contribution in [3.8, 4) is 0 Å². The van der Waals surface area contributed by atoms with E-state index in [0.29, 0.717) is 24.0 Å². The van der Waals surface area contributed by atoms with Gasteiger partial charge in [0.05, 0.1) is 5.57 Å². The number of hydrogen-bond acceptors (Lipinski definition) is 4. The lowest BCUT2D eigenvalue weighted by molar-refractivity contribution is -0.121. The van der Waals surface area contributed by atoms with Crippen molar-refractivity contribution >= 4 is 17.1 Å². The molecule has 5 heteroatoms. The van der Waals surface area contributed by atoms with Crippen molar-refractivity contribution in [1.82, 2.24) is 10.3 Å². The second-order valence-electron chi connectivity index (χ2n) is 7.38. The largest absolute Gasteiger partial charge is 0.392 e. The molecular weight excluding hydrogens is 386 g/mol. The predicted molar refractivity (Wildman–Crippen MR) is 124 cm³/mol. The van der Waals surface area contributed by atoms with Gasteiger partial charge in [0.2, 0.25) is 11.8 Å². The maximum absolute atomic E-state index is 12.7. The Hall–Kier alpha value is -3.70. The molecular formula is C26H27N3O2. The Morgan fingerprint density at radius 2 is 1.77 bits per heavy atom. The van der Waals surface area contributed by atoms with E-state index in [-0.39, 0.29) is 11.8 Å². The van der Waals surface area contributed by atoms with Gasteiger partial charge in [-0.3, -0.25) is 15.1 Å². The fourth-order valence-electron chi connectivity index (χ4n) is 3.42. The number of pyridine rings is 1. The Kier molecular flexibility index (Phi) is 7.35. The molecule has 0 radical (unpaired) electrons. The minimum absolute atomic E-state index is 0.160. The molecule has 0 aliphatic heterocycles. The third kappa shape index (κ3) is 5.68. The number of carbonyl (C=O) groups is 1. The molecule has 3 N–H and O–H groups in total. The average Bonchev–Trinajstić information content (AvgIpc) is 2.78. The number of aryl methyl sites for hydroxylation is 3. The van der Waals surface area contributed by atoms with Crippen LogP contribution in [0.15, 0.2) is 85.5 Å². The van der Waals surface area contributed by atoms with Gasteiger partial charge in [0.25, 0.3) is 0 Å². The van der Waals surface area contributed by atoms with Crippen molar-refractivity contribution in [3.63, 3.8) is 0 Å². The molecule has 1 amide bonds. The highest BCUT2D eigenvalue weighted by atomic mass is 16.6. The lowest BCUT2D eigenvalue weighted by Crippen LogP contribution is -2.27. The maximum atomic E-state index is 12.7. The monoisotopic (exact) mass is 413 g/mol. The van der Waals surface area contributed by atoms with Crippen LogP contribution in [0.2, 0.25) is 0 Å². The molecule has 5 nitrogen and oxygen atoms in total. The first kappa shape index (κ1) is 22.0. The van der Waals surface area contributed by atoms with Crippen LogP contribution >= 0.6 is 0 Å². The molecule has 0 saturated heterocycles. The summed E-state index contributed by atoms with van der Waals surface area (Å²) in [6.07, 6.45) is 4.28. The van der Waals surface area contributed by atoms with E-state index < -0.39 is 0 Å². The van der Waals surface area contributed by atoms with E-state index in [0.717, 1.165) is 27.8 Å². The zero-order valence-electron chi connectivity index (χ0n) is 17.9. The van der Waals surface area contributed by atoms with E-state index >= 15 is 0 Å². The predicted octanol–water partition coefficient (Wildman–Crippen LogP) is 4.72. The summed E-state index contributed by atoms with van der Waals surface area (Å²) >= 11 is 0. The normalized spacial score (nSPS) is 11.5. The molecule has 0 aliphatic carbocycles. The number of amides is 1. The number of rotatable bonds is 8. The van der Waals surface area contributed by atoms with Gasteiger partial charge in [-0.15, -0.1) is 0 Å². The van der Waals surface area contributed by atoms with Gasteiger partial charge >= 0.3 is 0 Å². The van der Waals surface area contributed by atoms with E-state index in [2.05, 4.69) is 16.9 Å². The van der Waals surface area contributed by atoms with Crippen LogP contribution in [0.3, 0.4) is 0 Å². The second kappa shape index (κ2) is 10.4. The molecule has 0 saturated carbocycles. The smallest absolute Gasteiger partial charge is 0.227 e. The summed E-state index contributed by atoms with van der Waals surface area (Å²) in [5, 5.41) is 2.83. The van der Waals surface area contributed by atoms with Gasteiger partial charge in [0.15, 0.2) is 0 Å². The molecule has 31 heavy (non-hydrogen) atoms. The van der Waals surface area contributed by atoms with Crippen molar-refractivity contribution in [2.45, 2.75) is 26.7 Å². The summed E-state index contributed by atoms with van der Waals surface area (Å²) < 4.78 is 0. The SMILES string of the molecule is C=C(/C(=C(/NC(=O)CCc1ccccc1C)ON)c1ccncc1)c1cccc(C)c1. The summed E-state index contributed by atoms with van der Waals surface area (Å²) in [6, 6.07) is 19.6. The van der Waals surface area contributed by atoms with Gasteiger partial charge in [-0.1, -0.05) is 60.7 Å². The lowest BCUT2D eigenvalue weighted by atomic mass is 9.93. The van der Waals surface area contributed by atoms with Crippen LogP contribution < -0.4 is 11.2 Å². The van der Waals surface area contributed by atoms with Crippen LogP contribution in [0.5, 0.6) is 0 Å². The van der Waals surface area contributed by atoms with E-state index in [1.165, 1.54) is 0 Å². The van der Waals surface area contributed by atoms with Gasteiger partial charge in [-0.2, -0.15) is 5.90 Å². The third-order valence-corrected chi connectivity index (χ3v) is 5.12. The molecule has 0 spiro atoms. The van der Waals surface area contributed by atoms with Crippen molar-refractivity contribution < 1.29 is 9.63 Å². The average molecular weight is 414 g/mol. The summed E-state index contributed by atoms with van der Waals surface area (Å²) in [5.74, 6) is 5.58. The highest BCUT2D eigenvalue weighted by Crippen LogP contribution is 2.32. The molecule has 0 aliphatic rings. The fraction of sp³-hybridized carbons (Fsp3) is 0.154. The molecule has 0 unspecified atom stereocenters. The van der Waals surface area contributed by atoms with Crippen LogP contribution in [0.1, 0.15) is 34.2 Å². The molecule has 2 aromatic carbocycles. The minimum atomic E-state index is -0.188. The Morgan fingerprint density at radius 3 is 2.45 bits per heavy atom. The molecule has 158 valence electrons. The Labute approximate surface area is 183 Å². The molecule has 0 fully saturated rings. The standard InChI is InChI=1S/C26H27N3O2/c1-18-7-6-10-23(17-18)20(3)25(22-13-15-28-16-14-22)26(31-27)29-24(30)12-11-21-9-5-4-8-19(21)2/h4-10,13-17H,3,11-12,27H2,1-2H3,(H,29,30)/b26-25+. The maximum Gasteiger partial charge on any atom is 0.227 e. The molecule has 3 aromatic rings. The fourth-order valence-corrected chi connectivity index (χ4v) is 3.42. The Bertz CT molecular complexity index is 1100. The number of nitrogens with zero attached hydrogens (tertiary/aromatic N) is 1. The van der Waals surface area contributed by atoms with Crippen molar-refractivity contribution in [2.75, 3.05) is 0 Å². The Morgan fingerprint density at radius 1 is 1.03 bits per heavy atom.